The van der Waals surface area contributed by atoms with Gasteiger partial charge < -0.3 is 85.9 Å². The van der Waals surface area contributed by atoms with Crippen LogP contribution in [-0.4, -0.2) is 177 Å². The molecular weight excluding hydrogens is 927 g/mol. The van der Waals surface area contributed by atoms with Crippen LogP contribution in [0.5, 0.6) is 0 Å². The number of aliphatic imine (C=N–C) groups is 1. The number of guanidine groups is 1. The van der Waals surface area contributed by atoms with E-state index in [0.717, 1.165) is 13.8 Å². The van der Waals surface area contributed by atoms with Crippen molar-refractivity contribution in [2.75, 3.05) is 25.1 Å². The van der Waals surface area contributed by atoms with Crippen LogP contribution >= 0.6 is 11.8 Å². The molecule has 9 atom stereocenters. The first-order chi connectivity index (χ1) is 31.6. The van der Waals surface area contributed by atoms with E-state index in [0.29, 0.717) is 0 Å². The molecule has 0 bridgehead atoms. The molecule has 0 aromatic rings. The van der Waals surface area contributed by atoms with Gasteiger partial charge in [-0.2, -0.15) is 11.8 Å². The average molecular weight is 992 g/mol. The lowest BCUT2D eigenvalue weighted by Crippen LogP contribution is -2.60. The summed E-state index contributed by atoms with van der Waals surface area (Å²) in [5.74, 6) is -14.2. The number of hydrogen-bond acceptors (Lipinski definition) is 16. The smallest absolute Gasteiger partial charge is 0.326 e. The van der Waals surface area contributed by atoms with E-state index in [4.69, 9.17) is 28.0 Å². The number of carboxylic acids is 3. The van der Waals surface area contributed by atoms with E-state index in [1.54, 1.807) is 6.26 Å². The van der Waals surface area contributed by atoms with Crippen molar-refractivity contribution in [1.82, 2.24) is 42.5 Å². The Morgan fingerprint density at radius 2 is 1.13 bits per heavy atom. The van der Waals surface area contributed by atoms with Gasteiger partial charge in [0.25, 0.3) is 0 Å². The van der Waals surface area contributed by atoms with Gasteiger partial charge in [0.2, 0.25) is 53.2 Å². The summed E-state index contributed by atoms with van der Waals surface area (Å²) in [6.45, 7) is 4.56. The highest BCUT2D eigenvalue weighted by molar-refractivity contribution is 7.98. The maximum Gasteiger partial charge on any atom is 0.326 e. The number of aliphatic hydroxyl groups is 1. The number of nitrogens with one attached hydrogen (secondary N) is 8. The largest absolute Gasteiger partial charge is 0.481 e. The number of nitrogens with two attached hydrogens (primary N) is 4. The molecule has 0 aliphatic rings. The molecule has 0 radical (unpaired) electrons. The molecular formula is C38H65N13O16S. The van der Waals surface area contributed by atoms with E-state index in [9.17, 15) is 72.9 Å². The molecule has 0 aromatic heterocycles. The predicted octanol–water partition coefficient (Wildman–Crippen LogP) is -7.01. The zero-order chi connectivity index (χ0) is 52.4. The Morgan fingerprint density at radius 3 is 1.65 bits per heavy atom. The van der Waals surface area contributed by atoms with Crippen LogP contribution in [0.4, 0.5) is 0 Å². The van der Waals surface area contributed by atoms with Gasteiger partial charge in [0, 0.05) is 13.0 Å². The summed E-state index contributed by atoms with van der Waals surface area (Å²) in [4.78, 5) is 155. The number of thioether (sulfide) groups is 1. The molecule has 0 fully saturated rings. The number of carboxylic acid groups (broad SMARTS) is 3. The van der Waals surface area contributed by atoms with Crippen molar-refractivity contribution in [3.05, 3.63) is 0 Å². The first-order valence-corrected chi connectivity index (χ1v) is 22.3. The van der Waals surface area contributed by atoms with Gasteiger partial charge in [0.15, 0.2) is 5.96 Å². The lowest BCUT2D eigenvalue weighted by molar-refractivity contribution is -0.143. The highest BCUT2D eigenvalue weighted by atomic mass is 32.2. The number of rotatable bonds is 33. The van der Waals surface area contributed by atoms with E-state index in [1.807, 2.05) is 0 Å². The van der Waals surface area contributed by atoms with Gasteiger partial charge in [-0.1, -0.05) is 13.8 Å². The van der Waals surface area contributed by atoms with Gasteiger partial charge in [-0.05, 0) is 57.5 Å². The minimum absolute atomic E-state index is 0.0653. The van der Waals surface area contributed by atoms with E-state index < -0.39 is 164 Å². The monoisotopic (exact) mass is 991 g/mol. The Morgan fingerprint density at radius 1 is 0.588 bits per heavy atom. The van der Waals surface area contributed by atoms with Crippen LogP contribution in [0.15, 0.2) is 4.99 Å². The van der Waals surface area contributed by atoms with Crippen LogP contribution in [-0.2, 0) is 57.5 Å². The number of nitrogens with zero attached hydrogens (tertiary/aromatic N) is 1. The van der Waals surface area contributed by atoms with Crippen molar-refractivity contribution in [3.63, 3.8) is 0 Å². The van der Waals surface area contributed by atoms with E-state index in [-0.39, 0.29) is 37.5 Å². The van der Waals surface area contributed by atoms with Crippen LogP contribution in [0.25, 0.3) is 0 Å². The van der Waals surface area contributed by atoms with Gasteiger partial charge in [-0.15, -0.1) is 0 Å². The number of carbonyl (C=O) groups is 12. The average Bonchev–Trinajstić information content (AvgIpc) is 3.23. The molecule has 0 aromatic carbocycles. The quantitative estimate of drug-likeness (QED) is 0.0165. The van der Waals surface area contributed by atoms with Gasteiger partial charge >= 0.3 is 17.9 Å². The molecule has 20 N–H and O–H groups in total. The van der Waals surface area contributed by atoms with Crippen LogP contribution in [0.2, 0.25) is 0 Å². The molecule has 0 spiro atoms. The zero-order valence-electron chi connectivity index (χ0n) is 38.2. The first-order valence-electron chi connectivity index (χ1n) is 20.9. The third kappa shape index (κ3) is 24.6. The lowest BCUT2D eigenvalue weighted by atomic mass is 10.0. The summed E-state index contributed by atoms with van der Waals surface area (Å²) in [6.07, 6.45) is -2.64. The van der Waals surface area contributed by atoms with Crippen molar-refractivity contribution in [2.24, 2.45) is 33.8 Å². The van der Waals surface area contributed by atoms with Crippen molar-refractivity contribution >= 4 is 88.8 Å². The minimum Gasteiger partial charge on any atom is -0.481 e. The van der Waals surface area contributed by atoms with E-state index >= 15 is 0 Å². The predicted molar refractivity (Wildman–Crippen MR) is 240 cm³/mol. The standard InChI is InChI=1S/C38H65N13O16S/c1-16(2)28(36(65)48-22(37(66)67)7-6-11-43-38(41)42)50-33(62)20(8-9-26(55)56)47-30(59)17(3)45-34(63)23(14-24(40)53)49-32(61)21(10-12-68-5)46-25(54)15-44-35(64)29(18(4)52)51-31(60)19(39)13-27(57)58/h16-23,28-29,52H,6-15,39H2,1-5H3,(H2,40,53)(H,44,64)(H,45,63)(H,46,54)(H,47,59)(H,48,65)(H,49,61)(H,50,62)(H,51,60)(H,55,56)(H,57,58)(H,66,67)(H4,41,42,43)/t17-,18+,19-,20-,21-,22-,23-,28-,29-/m0/s1. The van der Waals surface area contributed by atoms with Crippen molar-refractivity contribution < 1.29 is 78.0 Å². The number of aliphatic hydroxyl groups excluding tert-OH is 1. The second-order valence-electron chi connectivity index (χ2n) is 15.6. The van der Waals surface area contributed by atoms with Crippen LogP contribution < -0.4 is 65.5 Å². The number of amides is 9. The SMILES string of the molecule is CSCC[C@H](NC(=O)CNC(=O)[C@@H](NC(=O)[C@@H](N)CC(=O)O)[C@@H](C)O)C(=O)N[C@@H](CC(N)=O)C(=O)N[C@@H](C)C(=O)N[C@@H](CCC(=O)O)C(=O)N[C@H](C(=O)N[C@@H](CCCN=C(N)N)C(=O)O)C(C)C. The Balaban J connectivity index is 6.02. The fourth-order valence-electron chi connectivity index (χ4n) is 5.68. The maximum atomic E-state index is 13.5. The molecule has 0 saturated heterocycles. The summed E-state index contributed by atoms with van der Waals surface area (Å²) in [7, 11) is 0. The Kier molecular flexibility index (Phi) is 28.1. The molecule has 30 heteroatoms. The first kappa shape index (κ1) is 61.2. The number of hydrogen-bond donors (Lipinski definition) is 16. The summed E-state index contributed by atoms with van der Waals surface area (Å²) in [5.41, 5.74) is 21.4. The highest BCUT2D eigenvalue weighted by Gasteiger charge is 2.34. The summed E-state index contributed by atoms with van der Waals surface area (Å²) >= 11 is 1.26. The topological polar surface area (TPSA) is 498 Å². The number of primary amides is 1. The van der Waals surface area contributed by atoms with Gasteiger partial charge in [-0.25, -0.2) is 4.79 Å². The Bertz CT molecular complexity index is 1850. The molecule has 0 saturated carbocycles. The van der Waals surface area contributed by atoms with E-state index in [1.165, 1.54) is 25.6 Å². The second kappa shape index (κ2) is 31.2. The summed E-state index contributed by atoms with van der Waals surface area (Å²) in [5, 5.41) is 56.0. The van der Waals surface area contributed by atoms with Crippen molar-refractivity contribution in [1.29, 1.82) is 0 Å². The third-order valence-electron chi connectivity index (χ3n) is 9.36. The summed E-state index contributed by atoms with van der Waals surface area (Å²) < 4.78 is 0. The molecule has 0 aliphatic heterocycles. The number of carbonyl (C=O) groups excluding carboxylic acids is 9. The molecule has 0 unspecified atom stereocenters. The lowest BCUT2D eigenvalue weighted by Gasteiger charge is -2.27. The van der Waals surface area contributed by atoms with Crippen molar-refractivity contribution in [2.45, 2.75) is 127 Å². The molecule has 384 valence electrons. The van der Waals surface area contributed by atoms with Gasteiger partial charge in [0.05, 0.1) is 31.5 Å². The van der Waals surface area contributed by atoms with Crippen LogP contribution in [0, 0.1) is 5.92 Å². The molecule has 0 rings (SSSR count). The minimum atomic E-state index is -1.76. The summed E-state index contributed by atoms with van der Waals surface area (Å²) in [6, 6.07) is -12.4. The second-order valence-corrected chi connectivity index (χ2v) is 16.6. The fourth-order valence-corrected chi connectivity index (χ4v) is 6.15. The Labute approximate surface area is 394 Å². The third-order valence-corrected chi connectivity index (χ3v) is 10.0. The fraction of sp³-hybridized carbons (Fsp3) is 0.658. The Hall–Kier alpha value is -6.82. The van der Waals surface area contributed by atoms with Crippen LogP contribution in [0.1, 0.15) is 72.6 Å². The molecule has 29 nitrogen and oxygen atoms in total. The normalized spacial score (nSPS) is 14.8. The molecule has 9 amide bonds. The number of aliphatic carboxylic acids is 3. The van der Waals surface area contributed by atoms with E-state index in [2.05, 4.69) is 47.5 Å². The maximum absolute atomic E-state index is 13.5. The molecule has 0 heterocycles. The van der Waals surface area contributed by atoms with Crippen LogP contribution in [0.3, 0.4) is 0 Å². The van der Waals surface area contributed by atoms with Crippen molar-refractivity contribution in [3.8, 4) is 0 Å². The van der Waals surface area contributed by atoms with Gasteiger partial charge in [0.1, 0.15) is 42.3 Å². The highest BCUT2D eigenvalue weighted by Crippen LogP contribution is 2.09. The zero-order valence-corrected chi connectivity index (χ0v) is 39.0. The molecule has 68 heavy (non-hydrogen) atoms. The van der Waals surface area contributed by atoms with Gasteiger partial charge in [-0.3, -0.25) is 57.7 Å². The molecule has 0 aliphatic carbocycles.